The van der Waals surface area contributed by atoms with E-state index < -0.39 is 11.8 Å². The van der Waals surface area contributed by atoms with Crippen LogP contribution in [-0.2, 0) is 4.79 Å². The van der Waals surface area contributed by atoms with Gasteiger partial charge in [0.2, 0.25) is 0 Å². The van der Waals surface area contributed by atoms with Crippen LogP contribution >= 0.6 is 31.9 Å². The second-order valence-electron chi connectivity index (χ2n) is 3.79. The van der Waals surface area contributed by atoms with Crippen molar-refractivity contribution in [2.24, 2.45) is 0 Å². The van der Waals surface area contributed by atoms with Crippen molar-refractivity contribution in [3.8, 4) is 11.5 Å². The van der Waals surface area contributed by atoms with E-state index in [2.05, 4.69) is 31.9 Å². The van der Waals surface area contributed by atoms with E-state index in [1.807, 2.05) is 0 Å². The van der Waals surface area contributed by atoms with E-state index in [-0.39, 0.29) is 12.4 Å². The molecule has 2 aromatic carbocycles. The van der Waals surface area contributed by atoms with Gasteiger partial charge < -0.3 is 9.47 Å². The lowest BCUT2D eigenvalue weighted by atomic mass is 10.3. The summed E-state index contributed by atoms with van der Waals surface area (Å²) in [5.41, 5.74) is 0. The molecule has 0 fully saturated rings. The quantitative estimate of drug-likeness (QED) is 0.562. The Balaban J connectivity index is 1.90. The van der Waals surface area contributed by atoms with E-state index >= 15 is 0 Å². The molecule has 0 spiro atoms. The predicted octanol–water partition coefficient (Wildman–Crippen LogP) is 4.34. The van der Waals surface area contributed by atoms with Gasteiger partial charge in [-0.2, -0.15) is 0 Å². The molecule has 0 aliphatic heterocycles. The zero-order valence-corrected chi connectivity index (χ0v) is 13.3. The fraction of sp³-hybridized carbons (Fsp3) is 0.0714. The van der Waals surface area contributed by atoms with Crippen molar-refractivity contribution in [1.29, 1.82) is 0 Å². The van der Waals surface area contributed by atoms with Gasteiger partial charge in [-0.05, 0) is 58.4 Å². The van der Waals surface area contributed by atoms with Crippen molar-refractivity contribution in [3.05, 3.63) is 57.2 Å². The van der Waals surface area contributed by atoms with Crippen molar-refractivity contribution in [3.63, 3.8) is 0 Å². The van der Waals surface area contributed by atoms with Crippen LogP contribution < -0.4 is 9.47 Å². The van der Waals surface area contributed by atoms with Crippen molar-refractivity contribution in [1.82, 2.24) is 0 Å². The molecular formula is C14H9Br2FO3. The van der Waals surface area contributed by atoms with Gasteiger partial charge in [0.1, 0.15) is 17.3 Å². The van der Waals surface area contributed by atoms with E-state index in [0.717, 1.165) is 4.47 Å². The standard InChI is InChI=1S/C14H9Br2FO3/c15-9-1-4-11(5-2-9)19-8-14(18)20-13-6-3-10(17)7-12(13)16/h1-7H,8H2. The van der Waals surface area contributed by atoms with Crippen LogP contribution in [0.5, 0.6) is 11.5 Å². The third-order valence-corrected chi connectivity index (χ3v) is 3.44. The second kappa shape index (κ2) is 6.85. The highest BCUT2D eigenvalue weighted by molar-refractivity contribution is 9.10. The van der Waals surface area contributed by atoms with Gasteiger partial charge in [0, 0.05) is 4.47 Å². The number of benzene rings is 2. The highest BCUT2D eigenvalue weighted by Crippen LogP contribution is 2.25. The van der Waals surface area contributed by atoms with Crippen molar-refractivity contribution < 1.29 is 18.7 Å². The Labute approximate surface area is 132 Å². The van der Waals surface area contributed by atoms with Gasteiger partial charge in [-0.25, -0.2) is 9.18 Å². The summed E-state index contributed by atoms with van der Waals surface area (Å²) in [4.78, 5) is 11.6. The maximum absolute atomic E-state index is 12.9. The SMILES string of the molecule is O=C(COc1ccc(Br)cc1)Oc1ccc(F)cc1Br. The Morgan fingerprint density at radius 1 is 1.10 bits per heavy atom. The van der Waals surface area contributed by atoms with Crippen LogP contribution in [0.3, 0.4) is 0 Å². The Morgan fingerprint density at radius 2 is 1.80 bits per heavy atom. The fourth-order valence-corrected chi connectivity index (χ4v) is 2.08. The number of carbonyl (C=O) groups is 1. The summed E-state index contributed by atoms with van der Waals surface area (Å²) in [6.07, 6.45) is 0. The van der Waals surface area contributed by atoms with Gasteiger partial charge in [-0.15, -0.1) is 0 Å². The van der Waals surface area contributed by atoms with E-state index in [1.54, 1.807) is 24.3 Å². The molecule has 0 atom stereocenters. The fourth-order valence-electron chi connectivity index (χ4n) is 1.38. The third kappa shape index (κ3) is 4.31. The lowest BCUT2D eigenvalue weighted by Crippen LogP contribution is -2.17. The number of esters is 1. The minimum absolute atomic E-state index is 0.231. The smallest absolute Gasteiger partial charge is 0.349 e. The Morgan fingerprint density at radius 3 is 2.45 bits per heavy atom. The first kappa shape index (κ1) is 15.0. The minimum atomic E-state index is -0.569. The predicted molar refractivity (Wildman–Crippen MR) is 79.4 cm³/mol. The van der Waals surface area contributed by atoms with E-state index in [9.17, 15) is 9.18 Å². The number of hydrogen-bond acceptors (Lipinski definition) is 3. The maximum Gasteiger partial charge on any atom is 0.349 e. The molecule has 0 bridgehead atoms. The Bertz CT molecular complexity index is 614. The van der Waals surface area contributed by atoms with Crippen LogP contribution in [0.2, 0.25) is 0 Å². The molecule has 0 aliphatic carbocycles. The van der Waals surface area contributed by atoms with E-state index in [1.165, 1.54) is 18.2 Å². The molecule has 0 radical (unpaired) electrons. The molecule has 0 amide bonds. The number of rotatable bonds is 4. The summed E-state index contributed by atoms with van der Waals surface area (Å²) < 4.78 is 24.5. The molecular weight excluding hydrogens is 395 g/mol. The lowest BCUT2D eigenvalue weighted by molar-refractivity contribution is -0.136. The average molecular weight is 404 g/mol. The Hall–Kier alpha value is -1.40. The summed E-state index contributed by atoms with van der Waals surface area (Å²) in [6.45, 7) is -0.231. The molecule has 0 aromatic heterocycles. The summed E-state index contributed by atoms with van der Waals surface area (Å²) in [6, 6.07) is 10.9. The van der Waals surface area contributed by atoms with E-state index in [0.29, 0.717) is 10.2 Å². The summed E-state index contributed by atoms with van der Waals surface area (Å²) in [5, 5.41) is 0. The van der Waals surface area contributed by atoms with E-state index in [4.69, 9.17) is 9.47 Å². The van der Waals surface area contributed by atoms with Gasteiger partial charge in [-0.3, -0.25) is 0 Å². The largest absolute Gasteiger partial charge is 0.482 e. The van der Waals surface area contributed by atoms with Crippen molar-refractivity contribution >= 4 is 37.8 Å². The normalized spacial score (nSPS) is 10.2. The van der Waals surface area contributed by atoms with Gasteiger partial charge in [0.25, 0.3) is 0 Å². The number of ether oxygens (including phenoxy) is 2. The molecule has 6 heteroatoms. The molecule has 0 unspecified atom stereocenters. The molecule has 0 saturated heterocycles. The van der Waals surface area contributed by atoms with Crippen molar-refractivity contribution in [2.45, 2.75) is 0 Å². The molecule has 20 heavy (non-hydrogen) atoms. The lowest BCUT2D eigenvalue weighted by Gasteiger charge is -2.08. The van der Waals surface area contributed by atoms with Crippen molar-refractivity contribution in [2.75, 3.05) is 6.61 Å². The molecule has 104 valence electrons. The number of halogens is 3. The van der Waals surface area contributed by atoms with Gasteiger partial charge in [0.05, 0.1) is 4.47 Å². The molecule has 0 N–H and O–H groups in total. The zero-order valence-electron chi connectivity index (χ0n) is 10.1. The molecule has 2 rings (SSSR count). The third-order valence-electron chi connectivity index (χ3n) is 2.29. The highest BCUT2D eigenvalue weighted by Gasteiger charge is 2.09. The molecule has 0 saturated carbocycles. The van der Waals surface area contributed by atoms with Crippen LogP contribution in [0.15, 0.2) is 51.4 Å². The molecule has 0 aliphatic rings. The molecule has 2 aromatic rings. The summed E-state index contributed by atoms with van der Waals surface area (Å²) in [7, 11) is 0. The average Bonchev–Trinajstić information content (AvgIpc) is 2.41. The molecule has 3 nitrogen and oxygen atoms in total. The monoisotopic (exact) mass is 402 g/mol. The first-order valence-electron chi connectivity index (χ1n) is 5.59. The van der Waals surface area contributed by atoms with Crippen LogP contribution in [0, 0.1) is 5.82 Å². The van der Waals surface area contributed by atoms with Gasteiger partial charge >= 0.3 is 5.97 Å². The molecule has 0 heterocycles. The van der Waals surface area contributed by atoms with Gasteiger partial charge in [-0.1, -0.05) is 15.9 Å². The van der Waals surface area contributed by atoms with Crippen LogP contribution in [0.4, 0.5) is 4.39 Å². The van der Waals surface area contributed by atoms with Crippen LogP contribution in [-0.4, -0.2) is 12.6 Å². The second-order valence-corrected chi connectivity index (χ2v) is 5.56. The van der Waals surface area contributed by atoms with Gasteiger partial charge in [0.15, 0.2) is 6.61 Å². The first-order valence-corrected chi connectivity index (χ1v) is 7.17. The zero-order chi connectivity index (χ0) is 14.5. The summed E-state index contributed by atoms with van der Waals surface area (Å²) >= 11 is 6.42. The minimum Gasteiger partial charge on any atom is -0.482 e. The summed E-state index contributed by atoms with van der Waals surface area (Å²) in [5.74, 6) is -0.179. The topological polar surface area (TPSA) is 35.5 Å². The number of hydrogen-bond donors (Lipinski definition) is 0. The number of carbonyl (C=O) groups excluding carboxylic acids is 1. The first-order chi connectivity index (χ1) is 9.54. The maximum atomic E-state index is 12.9. The highest BCUT2D eigenvalue weighted by atomic mass is 79.9. The van der Waals surface area contributed by atoms with Crippen LogP contribution in [0.25, 0.3) is 0 Å². The Kier molecular flexibility index (Phi) is 5.14. The van der Waals surface area contributed by atoms with Crippen LogP contribution in [0.1, 0.15) is 0 Å².